The second-order valence-corrected chi connectivity index (χ2v) is 3.82. The van der Waals surface area contributed by atoms with Crippen LogP contribution < -0.4 is 5.32 Å². The maximum absolute atomic E-state index is 11.9. The predicted octanol–water partition coefficient (Wildman–Crippen LogP) is 1.76. The quantitative estimate of drug-likeness (QED) is 0.649. The van der Waals surface area contributed by atoms with Crippen LogP contribution in [0.4, 0.5) is 4.39 Å². The summed E-state index contributed by atoms with van der Waals surface area (Å²) in [6.07, 6.45) is -0.202. The van der Waals surface area contributed by atoms with Crippen molar-refractivity contribution in [2.24, 2.45) is 0 Å². The van der Waals surface area contributed by atoms with Crippen molar-refractivity contribution >= 4 is 0 Å². The fourth-order valence-electron chi connectivity index (χ4n) is 1.47. The Balaban J connectivity index is 2.49. The zero-order valence-electron chi connectivity index (χ0n) is 9.36. The van der Waals surface area contributed by atoms with E-state index in [2.05, 4.69) is 5.32 Å². The molecule has 4 heteroatoms. The normalized spacial score (nSPS) is 14.7. The highest BCUT2D eigenvalue weighted by Crippen LogP contribution is 2.19. The number of aliphatic hydroxyl groups excluding tert-OH is 1. The molecule has 2 atom stereocenters. The van der Waals surface area contributed by atoms with Gasteiger partial charge >= 0.3 is 0 Å². The van der Waals surface area contributed by atoms with E-state index in [9.17, 15) is 9.50 Å². The van der Waals surface area contributed by atoms with Gasteiger partial charge in [-0.05, 0) is 37.6 Å². The highest BCUT2D eigenvalue weighted by molar-refractivity contribution is 5.27. The highest BCUT2D eigenvalue weighted by atomic mass is 19.1. The lowest BCUT2D eigenvalue weighted by molar-refractivity contribution is 0.135. The molecule has 0 saturated carbocycles. The minimum absolute atomic E-state index is 0.143. The second kappa shape index (κ2) is 6.45. The molecular formula is C12H18FNO2. The van der Waals surface area contributed by atoms with E-state index in [1.807, 2.05) is 6.92 Å². The van der Waals surface area contributed by atoms with Crippen LogP contribution >= 0.6 is 0 Å². The van der Waals surface area contributed by atoms with Crippen LogP contribution in [-0.4, -0.2) is 29.5 Å². The summed E-state index contributed by atoms with van der Waals surface area (Å²) in [5.74, 6) is 0.175. The molecule has 0 aliphatic carbocycles. The Morgan fingerprint density at radius 2 is 1.94 bits per heavy atom. The van der Waals surface area contributed by atoms with E-state index in [-0.39, 0.29) is 18.5 Å². The van der Waals surface area contributed by atoms with Crippen LogP contribution in [0.2, 0.25) is 0 Å². The molecule has 16 heavy (non-hydrogen) atoms. The summed E-state index contributed by atoms with van der Waals surface area (Å²) >= 11 is 0. The van der Waals surface area contributed by atoms with Crippen molar-refractivity contribution in [3.05, 3.63) is 29.8 Å². The van der Waals surface area contributed by atoms with Crippen LogP contribution in [0, 0.1) is 0 Å². The van der Waals surface area contributed by atoms with Gasteiger partial charge in [-0.15, -0.1) is 0 Å². The first-order chi connectivity index (χ1) is 7.65. The van der Waals surface area contributed by atoms with Crippen LogP contribution in [0.5, 0.6) is 5.75 Å². The highest BCUT2D eigenvalue weighted by Gasteiger charge is 2.15. The molecule has 0 bridgehead atoms. The Bertz CT molecular complexity index is 302. The van der Waals surface area contributed by atoms with E-state index in [0.29, 0.717) is 13.0 Å². The zero-order valence-corrected chi connectivity index (χ0v) is 9.36. The van der Waals surface area contributed by atoms with Crippen LogP contribution in [0.15, 0.2) is 24.3 Å². The van der Waals surface area contributed by atoms with Gasteiger partial charge in [0.25, 0.3) is 0 Å². The number of aromatic hydroxyl groups is 1. The molecule has 0 aromatic heterocycles. The summed E-state index contributed by atoms with van der Waals surface area (Å²) in [7, 11) is 0. The Kier molecular flexibility index (Phi) is 5.22. The number of aliphatic hydroxyl groups is 1. The van der Waals surface area contributed by atoms with Crippen molar-refractivity contribution in [3.63, 3.8) is 0 Å². The third kappa shape index (κ3) is 3.79. The second-order valence-electron chi connectivity index (χ2n) is 3.82. The van der Waals surface area contributed by atoms with E-state index in [1.165, 1.54) is 12.1 Å². The fourth-order valence-corrected chi connectivity index (χ4v) is 1.47. The number of phenols is 1. The van der Waals surface area contributed by atoms with Gasteiger partial charge in [-0.3, -0.25) is 4.39 Å². The Labute approximate surface area is 94.9 Å². The third-order valence-electron chi connectivity index (χ3n) is 2.48. The number of nitrogens with one attached hydrogen (secondary N) is 1. The van der Waals surface area contributed by atoms with Crippen molar-refractivity contribution in [1.29, 1.82) is 0 Å². The summed E-state index contributed by atoms with van der Waals surface area (Å²) in [5, 5.41) is 22.1. The van der Waals surface area contributed by atoms with E-state index in [0.717, 1.165) is 5.56 Å². The van der Waals surface area contributed by atoms with Gasteiger partial charge in [-0.1, -0.05) is 12.1 Å². The minimum Gasteiger partial charge on any atom is -0.508 e. The molecule has 3 N–H and O–H groups in total. The zero-order chi connectivity index (χ0) is 12.0. The predicted molar refractivity (Wildman–Crippen MR) is 61.1 cm³/mol. The molecule has 90 valence electrons. The summed E-state index contributed by atoms with van der Waals surface area (Å²) in [5.41, 5.74) is 0.734. The molecule has 0 radical (unpaired) electrons. The van der Waals surface area contributed by atoms with Crippen molar-refractivity contribution in [2.45, 2.75) is 25.5 Å². The van der Waals surface area contributed by atoms with Gasteiger partial charge in [0, 0.05) is 6.04 Å². The number of halogens is 1. The Hall–Kier alpha value is -1.13. The standard InChI is InChI=1S/C12H18FNO2/c1-9(14-8-2-7-13)12(16)10-3-5-11(15)6-4-10/h3-6,9,12,14-16H,2,7-8H2,1H3. The third-order valence-corrected chi connectivity index (χ3v) is 2.48. The number of hydrogen-bond donors (Lipinski definition) is 3. The lowest BCUT2D eigenvalue weighted by Crippen LogP contribution is -2.33. The Morgan fingerprint density at radius 3 is 2.50 bits per heavy atom. The molecule has 2 unspecified atom stereocenters. The molecule has 0 saturated heterocycles. The van der Waals surface area contributed by atoms with Crippen molar-refractivity contribution < 1.29 is 14.6 Å². The molecule has 0 spiro atoms. The van der Waals surface area contributed by atoms with E-state index >= 15 is 0 Å². The number of phenolic OH excluding ortho intramolecular Hbond substituents is 1. The van der Waals surface area contributed by atoms with Gasteiger partial charge in [0.05, 0.1) is 12.8 Å². The van der Waals surface area contributed by atoms with Crippen LogP contribution in [0.1, 0.15) is 25.0 Å². The minimum atomic E-state index is -0.653. The summed E-state index contributed by atoms with van der Waals surface area (Å²) in [4.78, 5) is 0. The number of hydrogen-bond acceptors (Lipinski definition) is 3. The SMILES string of the molecule is CC(NCCCF)C(O)c1ccc(O)cc1. The van der Waals surface area contributed by atoms with Crippen molar-refractivity contribution in [1.82, 2.24) is 5.32 Å². The molecule has 0 aliphatic rings. The molecule has 0 fully saturated rings. The number of benzene rings is 1. The van der Waals surface area contributed by atoms with E-state index in [4.69, 9.17) is 5.11 Å². The van der Waals surface area contributed by atoms with Crippen LogP contribution in [-0.2, 0) is 0 Å². The smallest absolute Gasteiger partial charge is 0.115 e. The van der Waals surface area contributed by atoms with Gasteiger partial charge in [0.1, 0.15) is 5.75 Å². The average molecular weight is 227 g/mol. The molecule has 1 aromatic rings. The maximum atomic E-state index is 11.9. The summed E-state index contributed by atoms with van der Waals surface area (Å²) < 4.78 is 11.9. The number of alkyl halides is 1. The van der Waals surface area contributed by atoms with E-state index < -0.39 is 6.10 Å². The van der Waals surface area contributed by atoms with Gasteiger partial charge in [-0.25, -0.2) is 0 Å². The fraction of sp³-hybridized carbons (Fsp3) is 0.500. The van der Waals surface area contributed by atoms with Gasteiger partial charge in [0.15, 0.2) is 0 Å². The molecule has 0 heterocycles. The molecule has 1 rings (SSSR count). The first-order valence-corrected chi connectivity index (χ1v) is 5.41. The molecule has 0 amide bonds. The van der Waals surface area contributed by atoms with Crippen LogP contribution in [0.3, 0.4) is 0 Å². The Morgan fingerprint density at radius 1 is 1.31 bits per heavy atom. The van der Waals surface area contributed by atoms with Gasteiger partial charge in [-0.2, -0.15) is 0 Å². The monoisotopic (exact) mass is 227 g/mol. The maximum Gasteiger partial charge on any atom is 0.115 e. The summed E-state index contributed by atoms with van der Waals surface area (Å²) in [6, 6.07) is 6.27. The first-order valence-electron chi connectivity index (χ1n) is 5.41. The lowest BCUT2D eigenvalue weighted by Gasteiger charge is -2.20. The molecule has 0 aliphatic heterocycles. The van der Waals surface area contributed by atoms with Gasteiger partial charge in [0.2, 0.25) is 0 Å². The topological polar surface area (TPSA) is 52.5 Å². The lowest BCUT2D eigenvalue weighted by atomic mass is 10.0. The molecule has 3 nitrogen and oxygen atoms in total. The largest absolute Gasteiger partial charge is 0.508 e. The molecular weight excluding hydrogens is 209 g/mol. The molecule has 1 aromatic carbocycles. The average Bonchev–Trinajstić information content (AvgIpc) is 2.29. The van der Waals surface area contributed by atoms with Crippen molar-refractivity contribution in [2.75, 3.05) is 13.2 Å². The summed E-state index contributed by atoms with van der Waals surface area (Å²) in [6.45, 7) is 2.04. The first kappa shape index (κ1) is 12.9. The van der Waals surface area contributed by atoms with Crippen molar-refractivity contribution in [3.8, 4) is 5.75 Å². The van der Waals surface area contributed by atoms with Gasteiger partial charge < -0.3 is 15.5 Å². The van der Waals surface area contributed by atoms with Crippen LogP contribution in [0.25, 0.3) is 0 Å². The number of rotatable bonds is 6. The van der Waals surface area contributed by atoms with E-state index in [1.54, 1.807) is 12.1 Å².